The van der Waals surface area contributed by atoms with E-state index in [9.17, 15) is 4.39 Å². The molecule has 1 N–H and O–H groups in total. The van der Waals surface area contributed by atoms with Gasteiger partial charge in [-0.05, 0) is 42.5 Å². The third-order valence-electron chi connectivity index (χ3n) is 2.74. The van der Waals surface area contributed by atoms with Gasteiger partial charge in [0.15, 0.2) is 4.77 Å². The van der Waals surface area contributed by atoms with Crippen molar-refractivity contribution in [3.63, 3.8) is 0 Å². The van der Waals surface area contributed by atoms with E-state index >= 15 is 0 Å². The first-order valence-corrected chi connectivity index (χ1v) is 6.52. The number of para-hydroxylation sites is 1. The van der Waals surface area contributed by atoms with Crippen molar-refractivity contribution in [2.45, 2.75) is 0 Å². The fourth-order valence-electron chi connectivity index (χ4n) is 1.95. The number of aromatic amines is 1. The summed E-state index contributed by atoms with van der Waals surface area (Å²) in [5.41, 5.74) is 2.18. The number of hydrogen-bond acceptors (Lipinski definition) is 1. The molecular weight excluding hydrogens is 315 g/mol. The topological polar surface area (TPSA) is 20.7 Å². The second-order valence-corrected chi connectivity index (χ2v) is 5.18. The third-order valence-corrected chi connectivity index (χ3v) is 3.52. The number of aromatic nitrogens is 2. The quantitative estimate of drug-likeness (QED) is 0.650. The molecule has 0 saturated heterocycles. The molecule has 0 aliphatic rings. The molecule has 3 rings (SSSR count). The maximum Gasteiger partial charge on any atom is 0.182 e. The number of fused-ring (bicyclic) bond motifs is 1. The van der Waals surface area contributed by atoms with E-state index in [2.05, 4.69) is 20.9 Å². The van der Waals surface area contributed by atoms with Gasteiger partial charge in [0.05, 0.1) is 16.7 Å². The Balaban J connectivity index is 2.42. The molecule has 5 heteroatoms. The van der Waals surface area contributed by atoms with Gasteiger partial charge < -0.3 is 4.98 Å². The maximum atomic E-state index is 13.9. The summed E-state index contributed by atoms with van der Waals surface area (Å²) in [6.45, 7) is 0. The van der Waals surface area contributed by atoms with Crippen LogP contribution in [-0.2, 0) is 0 Å². The van der Waals surface area contributed by atoms with Crippen LogP contribution in [-0.4, -0.2) is 9.55 Å². The van der Waals surface area contributed by atoms with Crippen LogP contribution in [0.15, 0.2) is 46.9 Å². The molecule has 0 aliphatic carbocycles. The number of benzene rings is 2. The Labute approximate surface area is 116 Å². The van der Waals surface area contributed by atoms with Crippen molar-refractivity contribution in [3.8, 4) is 5.69 Å². The van der Waals surface area contributed by atoms with E-state index in [1.54, 1.807) is 22.8 Å². The molecule has 0 bridgehead atoms. The van der Waals surface area contributed by atoms with Gasteiger partial charge >= 0.3 is 0 Å². The Bertz CT molecular complexity index is 791. The van der Waals surface area contributed by atoms with Crippen LogP contribution in [0.2, 0.25) is 0 Å². The number of imidazole rings is 1. The van der Waals surface area contributed by atoms with E-state index in [4.69, 9.17) is 12.2 Å². The standard InChI is InChI=1S/C13H8BrFN2S/c14-8-5-6-10-12(7-8)17(13(18)16-10)11-4-2-1-3-9(11)15/h1-7H,(H,16,18). The summed E-state index contributed by atoms with van der Waals surface area (Å²) < 4.78 is 17.0. The first-order chi connectivity index (χ1) is 8.66. The van der Waals surface area contributed by atoms with Gasteiger partial charge in [-0.15, -0.1) is 0 Å². The Morgan fingerprint density at radius 3 is 2.72 bits per heavy atom. The average Bonchev–Trinajstić information content (AvgIpc) is 2.66. The molecule has 1 heterocycles. The van der Waals surface area contributed by atoms with Crippen molar-refractivity contribution in [2.24, 2.45) is 0 Å². The van der Waals surface area contributed by atoms with Gasteiger partial charge in [-0.25, -0.2) is 4.39 Å². The lowest BCUT2D eigenvalue weighted by Gasteiger charge is -2.05. The monoisotopic (exact) mass is 322 g/mol. The Kier molecular flexibility index (Phi) is 2.80. The van der Waals surface area contributed by atoms with Gasteiger partial charge in [0.2, 0.25) is 0 Å². The molecule has 0 aliphatic heterocycles. The van der Waals surface area contributed by atoms with Crippen LogP contribution in [0.3, 0.4) is 0 Å². The highest BCUT2D eigenvalue weighted by molar-refractivity contribution is 9.10. The minimum atomic E-state index is -0.297. The molecule has 2 aromatic carbocycles. The first kappa shape index (κ1) is 11.6. The molecule has 3 aromatic rings. The van der Waals surface area contributed by atoms with Gasteiger partial charge in [-0.2, -0.15) is 0 Å². The van der Waals surface area contributed by atoms with Crippen molar-refractivity contribution < 1.29 is 4.39 Å². The van der Waals surface area contributed by atoms with Crippen LogP contribution in [0, 0.1) is 10.6 Å². The molecule has 0 fully saturated rings. The number of nitrogens with zero attached hydrogens (tertiary/aromatic N) is 1. The molecule has 90 valence electrons. The number of halogens is 2. The molecule has 1 aromatic heterocycles. The lowest BCUT2D eigenvalue weighted by molar-refractivity contribution is 0.619. The van der Waals surface area contributed by atoms with Gasteiger partial charge in [-0.1, -0.05) is 28.1 Å². The second kappa shape index (κ2) is 4.33. The summed E-state index contributed by atoms with van der Waals surface area (Å²) in [7, 11) is 0. The SMILES string of the molecule is Fc1ccccc1-n1c(=S)[nH]c2ccc(Br)cc21. The highest BCUT2D eigenvalue weighted by Crippen LogP contribution is 2.24. The Morgan fingerprint density at radius 2 is 1.94 bits per heavy atom. The molecule has 0 spiro atoms. The third kappa shape index (κ3) is 1.79. The van der Waals surface area contributed by atoms with Crippen molar-refractivity contribution >= 4 is 39.2 Å². The zero-order valence-corrected chi connectivity index (χ0v) is 11.6. The summed E-state index contributed by atoms with van der Waals surface area (Å²) in [6.07, 6.45) is 0. The summed E-state index contributed by atoms with van der Waals surface area (Å²) in [6, 6.07) is 12.3. The second-order valence-electron chi connectivity index (χ2n) is 3.88. The van der Waals surface area contributed by atoms with Gasteiger partial charge in [-0.3, -0.25) is 4.57 Å². The normalized spacial score (nSPS) is 11.0. The summed E-state index contributed by atoms with van der Waals surface area (Å²) in [4.78, 5) is 3.07. The number of nitrogens with one attached hydrogen (secondary N) is 1. The summed E-state index contributed by atoms with van der Waals surface area (Å²) >= 11 is 8.68. The minimum Gasteiger partial charge on any atom is -0.330 e. The fraction of sp³-hybridized carbons (Fsp3) is 0. The van der Waals surface area contributed by atoms with Crippen molar-refractivity contribution in [2.75, 3.05) is 0 Å². The predicted octanol–water partition coefficient (Wildman–Crippen LogP) is 4.59. The van der Waals surface area contributed by atoms with E-state index in [0.717, 1.165) is 15.5 Å². The lowest BCUT2D eigenvalue weighted by atomic mass is 10.2. The van der Waals surface area contributed by atoms with E-state index in [0.29, 0.717) is 10.5 Å². The van der Waals surface area contributed by atoms with Crippen LogP contribution in [0.25, 0.3) is 16.7 Å². The van der Waals surface area contributed by atoms with Gasteiger partial charge in [0, 0.05) is 4.47 Å². The minimum absolute atomic E-state index is 0.297. The highest BCUT2D eigenvalue weighted by atomic mass is 79.9. The van der Waals surface area contributed by atoms with Gasteiger partial charge in [0.25, 0.3) is 0 Å². The van der Waals surface area contributed by atoms with Gasteiger partial charge in [0.1, 0.15) is 5.82 Å². The summed E-state index contributed by atoms with van der Waals surface area (Å²) in [5.74, 6) is -0.297. The van der Waals surface area contributed by atoms with Crippen LogP contribution in [0.1, 0.15) is 0 Å². The maximum absolute atomic E-state index is 13.9. The van der Waals surface area contributed by atoms with Crippen molar-refractivity contribution in [3.05, 3.63) is 57.5 Å². The summed E-state index contributed by atoms with van der Waals surface area (Å²) in [5, 5.41) is 0. The van der Waals surface area contributed by atoms with E-state index < -0.39 is 0 Å². The van der Waals surface area contributed by atoms with E-state index in [1.807, 2.05) is 18.2 Å². The van der Waals surface area contributed by atoms with Crippen LogP contribution < -0.4 is 0 Å². The zero-order chi connectivity index (χ0) is 12.7. The molecule has 0 amide bonds. The number of rotatable bonds is 1. The zero-order valence-electron chi connectivity index (χ0n) is 9.15. The smallest absolute Gasteiger partial charge is 0.182 e. The average molecular weight is 323 g/mol. The van der Waals surface area contributed by atoms with Crippen molar-refractivity contribution in [1.29, 1.82) is 0 Å². The fourth-order valence-corrected chi connectivity index (χ4v) is 2.60. The Hall–Kier alpha value is -1.46. The molecular formula is C13H8BrFN2S. The molecule has 0 saturated carbocycles. The van der Waals surface area contributed by atoms with Crippen molar-refractivity contribution in [1.82, 2.24) is 9.55 Å². The van der Waals surface area contributed by atoms with Crippen LogP contribution in [0.5, 0.6) is 0 Å². The molecule has 0 radical (unpaired) electrons. The van der Waals surface area contributed by atoms with E-state index in [1.165, 1.54) is 6.07 Å². The lowest BCUT2D eigenvalue weighted by Crippen LogP contribution is -1.97. The van der Waals surface area contributed by atoms with Crippen LogP contribution >= 0.6 is 28.1 Å². The molecule has 0 unspecified atom stereocenters. The molecule has 2 nitrogen and oxygen atoms in total. The van der Waals surface area contributed by atoms with Crippen LogP contribution in [0.4, 0.5) is 4.39 Å². The highest BCUT2D eigenvalue weighted by Gasteiger charge is 2.10. The number of H-pyrrole nitrogens is 1. The first-order valence-electron chi connectivity index (χ1n) is 5.32. The van der Waals surface area contributed by atoms with E-state index in [-0.39, 0.29) is 5.82 Å². The Morgan fingerprint density at radius 1 is 1.17 bits per heavy atom. The molecule has 0 atom stereocenters. The predicted molar refractivity (Wildman–Crippen MR) is 76.1 cm³/mol. The number of hydrogen-bond donors (Lipinski definition) is 1. The molecule has 18 heavy (non-hydrogen) atoms. The largest absolute Gasteiger partial charge is 0.330 e.